The number of aryl methyl sites for hydroxylation is 1. The number of carbonyl (C=O) groups excluding carboxylic acids is 4. The number of rotatable bonds is 10. The van der Waals surface area contributed by atoms with Crippen molar-refractivity contribution in [1.82, 2.24) is 0 Å². The lowest BCUT2D eigenvalue weighted by Gasteiger charge is -2.24. The molecule has 274 valence electrons. The summed E-state index contributed by atoms with van der Waals surface area (Å²) >= 11 is 0. The number of carboxylic acids is 1. The Morgan fingerprint density at radius 1 is 0.673 bits per heavy atom. The third-order valence-electron chi connectivity index (χ3n) is 9.22. The number of aromatic hydroxyl groups is 2. The summed E-state index contributed by atoms with van der Waals surface area (Å²) in [6.45, 7) is 12.5. The zero-order valence-electron chi connectivity index (χ0n) is 30.5. The fourth-order valence-electron chi connectivity index (χ4n) is 6.19. The van der Waals surface area contributed by atoms with Crippen molar-refractivity contribution in [3.63, 3.8) is 0 Å². The molecule has 0 amide bonds. The molecule has 1 atom stereocenters. The van der Waals surface area contributed by atoms with Gasteiger partial charge < -0.3 is 39.0 Å². The Balaban J connectivity index is 1.66. The van der Waals surface area contributed by atoms with Crippen LogP contribution in [-0.2, 0) is 20.7 Å². The lowest BCUT2D eigenvalue weighted by Crippen LogP contribution is -2.28. The van der Waals surface area contributed by atoms with Crippen LogP contribution in [0, 0.1) is 47.5 Å². The summed E-state index contributed by atoms with van der Waals surface area (Å²) < 4.78 is 27.5. The summed E-state index contributed by atoms with van der Waals surface area (Å²) in [4.78, 5) is 64.2. The van der Waals surface area contributed by atoms with Crippen LogP contribution in [0.5, 0.6) is 34.5 Å². The zero-order chi connectivity index (χ0) is 38.9. The maximum atomic E-state index is 13.7. The summed E-state index contributed by atoms with van der Waals surface area (Å²) in [6.07, 6.45) is 2.80. The molecule has 3 aromatic carbocycles. The number of aromatic carboxylic acids is 1. The maximum Gasteiger partial charge on any atom is 0.347 e. The molecule has 0 saturated carbocycles. The number of esters is 3. The number of carboxylic acid groups (broad SMARTS) is 1. The summed E-state index contributed by atoms with van der Waals surface area (Å²) in [6, 6.07) is 2.63. The molecule has 0 aliphatic heterocycles. The van der Waals surface area contributed by atoms with Gasteiger partial charge in [-0.15, -0.1) is 0 Å². The minimum atomic E-state index is -1.21. The Bertz CT molecular complexity index is 2120. The Hall–Kier alpha value is -6.11. The fraction of sp³-hybridized carbons (Fsp3) is 0.308. The second-order valence-electron chi connectivity index (χ2n) is 12.4. The van der Waals surface area contributed by atoms with E-state index in [0.29, 0.717) is 28.7 Å². The highest BCUT2D eigenvalue weighted by Crippen LogP contribution is 2.42. The van der Waals surface area contributed by atoms with Gasteiger partial charge in [0.15, 0.2) is 5.78 Å². The predicted octanol–water partition coefficient (Wildman–Crippen LogP) is 6.24. The summed E-state index contributed by atoms with van der Waals surface area (Å²) in [5.41, 5.74) is 1.63. The Morgan fingerprint density at radius 3 is 1.81 bits per heavy atom. The molecule has 0 saturated heterocycles. The smallest absolute Gasteiger partial charge is 0.347 e. The molecular formula is C39H40O13. The van der Waals surface area contributed by atoms with Crippen molar-refractivity contribution in [2.24, 2.45) is 5.92 Å². The van der Waals surface area contributed by atoms with Gasteiger partial charge in [0.1, 0.15) is 62.9 Å². The van der Waals surface area contributed by atoms with Crippen LogP contribution < -0.4 is 18.9 Å². The molecule has 0 heterocycles. The molecule has 13 heteroatoms. The van der Waals surface area contributed by atoms with Crippen molar-refractivity contribution in [3.8, 4) is 34.5 Å². The highest BCUT2D eigenvalue weighted by Gasteiger charge is 2.34. The normalized spacial score (nSPS) is 13.9. The molecule has 4 rings (SSSR count). The average Bonchev–Trinajstić information content (AvgIpc) is 3.07. The van der Waals surface area contributed by atoms with Gasteiger partial charge in [0.05, 0.1) is 14.2 Å². The highest BCUT2D eigenvalue weighted by molar-refractivity contribution is 6.04. The minimum Gasteiger partial charge on any atom is -0.507 e. The van der Waals surface area contributed by atoms with E-state index in [9.17, 15) is 39.3 Å². The average molecular weight is 717 g/mol. The Morgan fingerprint density at radius 2 is 1.25 bits per heavy atom. The van der Waals surface area contributed by atoms with Gasteiger partial charge in [0.2, 0.25) is 0 Å². The number of carbonyl (C=O) groups is 5. The lowest BCUT2D eigenvalue weighted by atomic mass is 9.91. The second kappa shape index (κ2) is 15.0. The van der Waals surface area contributed by atoms with E-state index in [0.717, 1.165) is 0 Å². The number of ether oxygens (including phenoxy) is 5. The van der Waals surface area contributed by atoms with E-state index < -0.39 is 41.3 Å². The molecule has 13 nitrogen and oxygen atoms in total. The minimum absolute atomic E-state index is 0.0177. The van der Waals surface area contributed by atoms with Crippen molar-refractivity contribution >= 4 is 29.7 Å². The van der Waals surface area contributed by atoms with Crippen molar-refractivity contribution in [2.75, 3.05) is 14.2 Å². The predicted molar refractivity (Wildman–Crippen MR) is 187 cm³/mol. The van der Waals surface area contributed by atoms with E-state index in [4.69, 9.17) is 23.7 Å². The molecule has 0 radical (unpaired) electrons. The van der Waals surface area contributed by atoms with Crippen molar-refractivity contribution < 1.29 is 63.0 Å². The fourth-order valence-corrected chi connectivity index (χ4v) is 6.19. The van der Waals surface area contributed by atoms with Crippen molar-refractivity contribution in [1.29, 1.82) is 0 Å². The number of phenolic OH excluding ortho intramolecular Hbond substituents is 2. The van der Waals surface area contributed by atoms with Crippen LogP contribution in [0.15, 0.2) is 35.6 Å². The third kappa shape index (κ3) is 6.94. The monoisotopic (exact) mass is 716 g/mol. The Labute approximate surface area is 300 Å². The molecule has 1 aliphatic carbocycles. The maximum absolute atomic E-state index is 13.7. The van der Waals surface area contributed by atoms with Gasteiger partial charge in [-0.05, 0) is 100 Å². The topological polar surface area (TPSA) is 192 Å². The van der Waals surface area contributed by atoms with Gasteiger partial charge in [-0.2, -0.15) is 0 Å². The van der Waals surface area contributed by atoms with Crippen LogP contribution in [0.4, 0.5) is 0 Å². The van der Waals surface area contributed by atoms with Crippen molar-refractivity contribution in [2.45, 2.75) is 61.8 Å². The first kappa shape index (κ1) is 38.7. The molecule has 0 fully saturated rings. The number of benzene rings is 3. The summed E-state index contributed by atoms with van der Waals surface area (Å²) in [7, 11) is 2.62. The number of phenols is 2. The molecule has 3 N–H and O–H groups in total. The first-order valence-electron chi connectivity index (χ1n) is 16.1. The van der Waals surface area contributed by atoms with E-state index in [1.54, 1.807) is 34.6 Å². The van der Waals surface area contributed by atoms with Crippen LogP contribution in [0.3, 0.4) is 0 Å². The molecule has 0 bridgehead atoms. The molecule has 3 aromatic rings. The van der Waals surface area contributed by atoms with Gasteiger partial charge in [0.25, 0.3) is 0 Å². The summed E-state index contributed by atoms with van der Waals surface area (Å²) in [5.74, 6) is -6.18. The molecule has 1 aliphatic rings. The van der Waals surface area contributed by atoms with Crippen LogP contribution in [0.2, 0.25) is 0 Å². The van der Waals surface area contributed by atoms with Gasteiger partial charge in [-0.1, -0.05) is 6.92 Å². The number of hydrogen-bond acceptors (Lipinski definition) is 12. The van der Waals surface area contributed by atoms with Crippen LogP contribution in [-0.4, -0.2) is 59.2 Å². The molecule has 0 spiro atoms. The Kier molecular flexibility index (Phi) is 11.2. The van der Waals surface area contributed by atoms with Gasteiger partial charge in [-0.3, -0.25) is 9.59 Å². The highest BCUT2D eigenvalue weighted by atomic mass is 16.6. The first-order chi connectivity index (χ1) is 24.4. The van der Waals surface area contributed by atoms with E-state index in [1.165, 1.54) is 59.3 Å². The number of methoxy groups -OCH3 is 2. The van der Waals surface area contributed by atoms with Crippen LogP contribution in [0.25, 0.3) is 0 Å². The lowest BCUT2D eigenvalue weighted by molar-refractivity contribution is -0.137. The van der Waals surface area contributed by atoms with Crippen LogP contribution in [0.1, 0.15) is 83.9 Å². The number of ketones is 1. The van der Waals surface area contributed by atoms with E-state index in [1.807, 2.05) is 0 Å². The first-order valence-corrected chi connectivity index (χ1v) is 16.1. The van der Waals surface area contributed by atoms with Gasteiger partial charge >= 0.3 is 23.9 Å². The quantitative estimate of drug-likeness (QED) is 0.158. The SMILES string of the molecule is CCc1c(C)c(C(=O)Oc2cc(C)c(C(=O)Oc3cc(OC)c(C(=O)O)c(C)c3C)c(O)c2C)c(O)c(C)c1OC(=O)C1C(C)=CC(=O)C=C1OC. The molecule has 0 aromatic heterocycles. The standard InChI is InChI=1S/C39H40O13/c1-11-24-20(6)32(34(42)22(8)35(24)52-37(45)29-16(2)12-23(40)14-27(29)48-9)39(47)50-25-13-17(3)30(33(41)21(25)7)38(46)51-26-15-28(49-10)31(36(43)44)19(5)18(26)4/h12-15,29,41-42H,11H2,1-10H3,(H,43,44). The second-order valence-corrected chi connectivity index (χ2v) is 12.4. The molecule has 52 heavy (non-hydrogen) atoms. The zero-order valence-corrected chi connectivity index (χ0v) is 30.5. The van der Waals surface area contributed by atoms with E-state index >= 15 is 0 Å². The molecular weight excluding hydrogens is 676 g/mol. The number of allylic oxidation sites excluding steroid dienone is 2. The van der Waals surface area contributed by atoms with Crippen molar-refractivity contribution in [3.05, 3.63) is 91.3 Å². The van der Waals surface area contributed by atoms with Gasteiger partial charge in [0, 0.05) is 23.3 Å². The summed E-state index contributed by atoms with van der Waals surface area (Å²) in [5, 5.41) is 32.0. The third-order valence-corrected chi connectivity index (χ3v) is 9.22. The van der Waals surface area contributed by atoms with Gasteiger partial charge in [-0.25, -0.2) is 14.4 Å². The van der Waals surface area contributed by atoms with Crippen LogP contribution >= 0.6 is 0 Å². The van der Waals surface area contributed by atoms with E-state index in [2.05, 4.69) is 0 Å². The van der Waals surface area contributed by atoms with E-state index in [-0.39, 0.29) is 73.5 Å². The number of hydrogen-bond donors (Lipinski definition) is 3. The molecule has 1 unspecified atom stereocenters. The largest absolute Gasteiger partial charge is 0.507 e.